The summed E-state index contributed by atoms with van der Waals surface area (Å²) in [4.78, 5) is 0. The molecule has 0 saturated carbocycles. The molecule has 1 aromatic carbocycles. The fourth-order valence-electron chi connectivity index (χ4n) is 1.69. The summed E-state index contributed by atoms with van der Waals surface area (Å²) >= 11 is 0. The molecule has 0 aromatic heterocycles. The van der Waals surface area contributed by atoms with Gasteiger partial charge in [-0.15, -0.1) is 5.92 Å². The topological polar surface area (TPSA) is 35.2 Å². The third-order valence-electron chi connectivity index (χ3n) is 2.77. The Morgan fingerprint density at radius 2 is 2.18 bits per heavy atom. The van der Waals surface area contributed by atoms with Gasteiger partial charge < -0.3 is 10.5 Å². The van der Waals surface area contributed by atoms with Gasteiger partial charge in [0.2, 0.25) is 0 Å². The molecule has 0 aliphatic carbocycles. The van der Waals surface area contributed by atoms with Crippen molar-refractivity contribution in [1.29, 1.82) is 0 Å². The van der Waals surface area contributed by atoms with Crippen LogP contribution in [0.25, 0.3) is 0 Å². The summed E-state index contributed by atoms with van der Waals surface area (Å²) in [5, 5.41) is 0. The zero-order chi connectivity index (χ0) is 12.7. The minimum Gasteiger partial charge on any atom is -0.480 e. The lowest BCUT2D eigenvalue weighted by Gasteiger charge is -2.15. The van der Waals surface area contributed by atoms with Crippen LogP contribution in [-0.2, 0) is 6.42 Å². The van der Waals surface area contributed by atoms with E-state index < -0.39 is 0 Å². The van der Waals surface area contributed by atoms with Gasteiger partial charge in [-0.1, -0.05) is 31.0 Å². The molecular formula is C15H21NO. The molecule has 0 radical (unpaired) electrons. The van der Waals surface area contributed by atoms with Crippen molar-refractivity contribution in [3.05, 3.63) is 29.3 Å². The van der Waals surface area contributed by atoms with E-state index in [-0.39, 0.29) is 6.04 Å². The normalized spacial score (nSPS) is 11.5. The average Bonchev–Trinajstić information content (AvgIpc) is 2.32. The Kier molecular flexibility index (Phi) is 5.59. The Morgan fingerprint density at radius 1 is 1.41 bits per heavy atom. The predicted molar refractivity (Wildman–Crippen MR) is 72.1 cm³/mol. The predicted octanol–water partition coefficient (Wildman–Crippen LogP) is 2.68. The molecule has 2 N–H and O–H groups in total. The van der Waals surface area contributed by atoms with Crippen LogP contribution in [0.1, 0.15) is 31.4 Å². The highest BCUT2D eigenvalue weighted by atomic mass is 16.5. The first-order valence-electron chi connectivity index (χ1n) is 6.05. The largest absolute Gasteiger partial charge is 0.480 e. The summed E-state index contributed by atoms with van der Waals surface area (Å²) in [5.41, 5.74) is 8.32. The highest BCUT2D eigenvalue weighted by molar-refractivity contribution is 5.41. The van der Waals surface area contributed by atoms with E-state index in [0.717, 1.165) is 24.2 Å². The van der Waals surface area contributed by atoms with E-state index >= 15 is 0 Å². The molecule has 1 unspecified atom stereocenters. The maximum absolute atomic E-state index is 6.00. The summed E-state index contributed by atoms with van der Waals surface area (Å²) in [5.74, 6) is 6.69. The van der Waals surface area contributed by atoms with Crippen molar-refractivity contribution in [2.75, 3.05) is 6.61 Å². The second-order valence-corrected chi connectivity index (χ2v) is 4.15. The van der Waals surface area contributed by atoms with Gasteiger partial charge >= 0.3 is 0 Å². The number of rotatable bonds is 5. The van der Waals surface area contributed by atoms with E-state index in [4.69, 9.17) is 10.5 Å². The number of ether oxygens (including phenoxy) is 1. The first-order valence-corrected chi connectivity index (χ1v) is 6.05. The Bertz CT molecular complexity index is 415. The molecule has 0 spiro atoms. The maximum Gasteiger partial charge on any atom is 0.149 e. The summed E-state index contributed by atoms with van der Waals surface area (Å²) in [7, 11) is 0. The zero-order valence-corrected chi connectivity index (χ0v) is 10.9. The average molecular weight is 231 g/mol. The molecule has 0 aliphatic heterocycles. The van der Waals surface area contributed by atoms with E-state index in [1.165, 1.54) is 5.56 Å². The molecule has 0 fully saturated rings. The van der Waals surface area contributed by atoms with Gasteiger partial charge in [0.05, 0.1) is 0 Å². The summed E-state index contributed by atoms with van der Waals surface area (Å²) in [6.45, 7) is 6.41. The van der Waals surface area contributed by atoms with Crippen molar-refractivity contribution in [1.82, 2.24) is 0 Å². The molecule has 2 nitrogen and oxygen atoms in total. The standard InChI is InChI=1S/C15H21NO/c1-4-6-10-17-15-12(3)8-7-9-13(15)11-14(16)5-2/h7-9,14H,5,10-11,16H2,1-3H3. The molecule has 0 aliphatic rings. The highest BCUT2D eigenvalue weighted by Crippen LogP contribution is 2.24. The van der Waals surface area contributed by atoms with Gasteiger partial charge in [-0.05, 0) is 37.8 Å². The first kappa shape index (κ1) is 13.6. The molecular weight excluding hydrogens is 210 g/mol. The number of benzene rings is 1. The quantitative estimate of drug-likeness (QED) is 0.791. The van der Waals surface area contributed by atoms with Crippen LogP contribution in [0.4, 0.5) is 0 Å². The van der Waals surface area contributed by atoms with Crippen LogP contribution in [0.5, 0.6) is 5.75 Å². The van der Waals surface area contributed by atoms with Crippen molar-refractivity contribution >= 4 is 0 Å². The lowest BCUT2D eigenvalue weighted by Crippen LogP contribution is -2.21. The number of nitrogens with two attached hydrogens (primary N) is 1. The van der Waals surface area contributed by atoms with Gasteiger partial charge in [-0.3, -0.25) is 0 Å². The fraction of sp³-hybridized carbons (Fsp3) is 0.467. The smallest absolute Gasteiger partial charge is 0.149 e. The summed E-state index contributed by atoms with van der Waals surface area (Å²) in [6, 6.07) is 6.37. The molecule has 17 heavy (non-hydrogen) atoms. The van der Waals surface area contributed by atoms with E-state index in [2.05, 4.69) is 37.8 Å². The van der Waals surface area contributed by atoms with Crippen molar-refractivity contribution < 1.29 is 4.74 Å². The lowest BCUT2D eigenvalue weighted by molar-refractivity contribution is 0.362. The van der Waals surface area contributed by atoms with Crippen LogP contribution in [0.3, 0.4) is 0 Å². The first-order chi connectivity index (χ1) is 8.19. The number of aryl methyl sites for hydroxylation is 1. The highest BCUT2D eigenvalue weighted by Gasteiger charge is 2.09. The molecule has 1 aromatic rings. The zero-order valence-electron chi connectivity index (χ0n) is 10.9. The molecule has 1 rings (SSSR count). The summed E-state index contributed by atoms with van der Waals surface area (Å²) < 4.78 is 5.72. The van der Waals surface area contributed by atoms with E-state index in [9.17, 15) is 0 Å². The number of hydrogen-bond donors (Lipinski definition) is 1. The van der Waals surface area contributed by atoms with Crippen LogP contribution in [0.2, 0.25) is 0 Å². The van der Waals surface area contributed by atoms with Crippen molar-refractivity contribution in [2.24, 2.45) is 5.73 Å². The van der Waals surface area contributed by atoms with Crippen molar-refractivity contribution in [3.8, 4) is 17.6 Å². The lowest BCUT2D eigenvalue weighted by atomic mass is 10.0. The maximum atomic E-state index is 6.00. The molecule has 0 heterocycles. The molecule has 0 saturated heterocycles. The van der Waals surface area contributed by atoms with Gasteiger partial charge in [0, 0.05) is 6.04 Å². The molecule has 2 heteroatoms. The van der Waals surface area contributed by atoms with E-state index in [1.54, 1.807) is 0 Å². The van der Waals surface area contributed by atoms with Gasteiger partial charge in [0.1, 0.15) is 12.4 Å². The third-order valence-corrected chi connectivity index (χ3v) is 2.77. The van der Waals surface area contributed by atoms with Gasteiger partial charge in [0.15, 0.2) is 0 Å². The molecule has 0 amide bonds. The van der Waals surface area contributed by atoms with Crippen molar-refractivity contribution in [3.63, 3.8) is 0 Å². The van der Waals surface area contributed by atoms with Crippen LogP contribution in [0.15, 0.2) is 18.2 Å². The van der Waals surface area contributed by atoms with E-state index in [0.29, 0.717) is 6.61 Å². The Balaban J connectivity index is 2.86. The Labute approximate surface area is 104 Å². The SMILES string of the molecule is CC#CCOc1c(C)cccc1CC(N)CC. The minimum atomic E-state index is 0.191. The van der Waals surface area contributed by atoms with Crippen LogP contribution >= 0.6 is 0 Å². The third kappa shape index (κ3) is 4.13. The van der Waals surface area contributed by atoms with Crippen molar-refractivity contribution in [2.45, 2.75) is 39.7 Å². The van der Waals surface area contributed by atoms with Crippen LogP contribution < -0.4 is 10.5 Å². The van der Waals surface area contributed by atoms with E-state index in [1.807, 2.05) is 13.0 Å². The second kappa shape index (κ2) is 6.98. The Hall–Kier alpha value is -1.46. The minimum absolute atomic E-state index is 0.191. The second-order valence-electron chi connectivity index (χ2n) is 4.15. The monoisotopic (exact) mass is 231 g/mol. The fourth-order valence-corrected chi connectivity index (χ4v) is 1.69. The number of hydrogen-bond acceptors (Lipinski definition) is 2. The van der Waals surface area contributed by atoms with Crippen LogP contribution in [-0.4, -0.2) is 12.6 Å². The molecule has 1 atom stereocenters. The number of para-hydroxylation sites is 1. The van der Waals surface area contributed by atoms with Gasteiger partial charge in [-0.25, -0.2) is 0 Å². The molecule has 0 bridgehead atoms. The van der Waals surface area contributed by atoms with Crippen LogP contribution in [0, 0.1) is 18.8 Å². The van der Waals surface area contributed by atoms with Gasteiger partial charge in [-0.2, -0.15) is 0 Å². The van der Waals surface area contributed by atoms with Gasteiger partial charge in [0.25, 0.3) is 0 Å². The molecule has 92 valence electrons. The Morgan fingerprint density at radius 3 is 2.82 bits per heavy atom. The summed E-state index contributed by atoms with van der Waals surface area (Å²) in [6.07, 6.45) is 1.83.